The number of nitrogens with zero attached hydrogens (tertiary/aromatic N) is 5. The largest absolute Gasteiger partial charge is 0.330 e. The maximum Gasteiger partial charge on any atom is 0.305 e. The lowest BCUT2D eigenvalue weighted by Crippen LogP contribution is -1.95. The summed E-state index contributed by atoms with van der Waals surface area (Å²) in [7, 11) is 0. The van der Waals surface area contributed by atoms with Gasteiger partial charge in [-0.3, -0.25) is 10.1 Å². The number of rotatable bonds is 5. The molecule has 0 saturated heterocycles. The van der Waals surface area contributed by atoms with Crippen molar-refractivity contribution in [3.63, 3.8) is 0 Å². The fourth-order valence-corrected chi connectivity index (χ4v) is 3.49. The van der Waals surface area contributed by atoms with Gasteiger partial charge in [0.15, 0.2) is 4.34 Å². The summed E-state index contributed by atoms with van der Waals surface area (Å²) in [6, 6.07) is 10.3. The fraction of sp³-hybridized carbons (Fsp3) is 0. The molecule has 0 saturated carbocycles. The molecular weight excluding hydrogens is 367 g/mol. The molecule has 124 valence electrons. The van der Waals surface area contributed by atoms with E-state index in [1.54, 1.807) is 18.2 Å². The second kappa shape index (κ2) is 7.20. The zero-order valence-electron chi connectivity index (χ0n) is 12.2. The number of pyridine rings is 1. The van der Waals surface area contributed by atoms with Crippen molar-refractivity contribution in [2.45, 2.75) is 9.37 Å². The number of aromatic nitrogens is 3. The van der Waals surface area contributed by atoms with Crippen molar-refractivity contribution in [1.82, 2.24) is 15.2 Å². The quantitative estimate of drug-likeness (QED) is 0.530. The molecule has 8 nitrogen and oxygen atoms in total. The van der Waals surface area contributed by atoms with Crippen molar-refractivity contribution in [3.05, 3.63) is 58.0 Å². The average molecular weight is 374 g/mol. The van der Waals surface area contributed by atoms with Crippen LogP contribution < -0.4 is 5.32 Å². The summed E-state index contributed by atoms with van der Waals surface area (Å²) in [5.41, 5.74) is -0.0804. The topological polar surface area (TPSA) is 118 Å². The van der Waals surface area contributed by atoms with E-state index in [9.17, 15) is 14.5 Å². The predicted octanol–water partition coefficient (Wildman–Crippen LogP) is 3.75. The molecule has 0 amide bonds. The molecule has 0 fully saturated rings. The number of benzene rings is 1. The minimum Gasteiger partial charge on any atom is -0.330 e. The first-order valence-corrected chi connectivity index (χ1v) is 8.28. The van der Waals surface area contributed by atoms with Gasteiger partial charge in [0.05, 0.1) is 4.92 Å². The van der Waals surface area contributed by atoms with E-state index in [2.05, 4.69) is 20.5 Å². The molecule has 3 aromatic rings. The van der Waals surface area contributed by atoms with E-state index in [1.165, 1.54) is 35.6 Å². The first-order chi connectivity index (χ1) is 12.0. The lowest BCUT2D eigenvalue weighted by molar-refractivity contribution is -0.385. The van der Waals surface area contributed by atoms with Crippen molar-refractivity contribution < 1.29 is 9.31 Å². The molecule has 0 aliphatic rings. The summed E-state index contributed by atoms with van der Waals surface area (Å²) in [6.07, 6.45) is 0. The van der Waals surface area contributed by atoms with Crippen LogP contribution in [-0.4, -0.2) is 20.1 Å². The zero-order chi connectivity index (χ0) is 17.8. The number of nitrogens with one attached hydrogen (secondary N) is 1. The monoisotopic (exact) mass is 374 g/mol. The molecule has 0 bridgehead atoms. The van der Waals surface area contributed by atoms with Crippen molar-refractivity contribution in [3.8, 4) is 6.07 Å². The molecule has 0 radical (unpaired) electrons. The zero-order valence-corrected chi connectivity index (χ0v) is 13.8. The van der Waals surface area contributed by atoms with Crippen LogP contribution in [0.15, 0.2) is 45.8 Å². The van der Waals surface area contributed by atoms with E-state index in [-0.39, 0.29) is 17.2 Å². The van der Waals surface area contributed by atoms with Crippen molar-refractivity contribution in [2.75, 3.05) is 5.32 Å². The Labute approximate surface area is 148 Å². The standard InChI is InChI=1S/C14H7FN6O2S2/c15-8-2-1-3-9(6-8)17-13-19-20-14(25-13)24-12-5-4-11(21(22)23)10(7-16)18-12/h1-6H,(H,17,19). The first-order valence-electron chi connectivity index (χ1n) is 6.64. The molecule has 1 aromatic carbocycles. The van der Waals surface area contributed by atoms with Gasteiger partial charge in [0.2, 0.25) is 10.8 Å². The molecule has 0 aliphatic carbocycles. The minimum atomic E-state index is -0.661. The van der Waals surface area contributed by atoms with Crippen LogP contribution in [0.3, 0.4) is 0 Å². The number of nitro groups is 1. The highest BCUT2D eigenvalue weighted by atomic mass is 32.2. The number of hydrogen-bond donors (Lipinski definition) is 1. The van der Waals surface area contributed by atoms with Crippen molar-refractivity contribution >= 4 is 39.6 Å². The number of anilines is 2. The van der Waals surface area contributed by atoms with Crippen molar-refractivity contribution in [2.24, 2.45) is 0 Å². The number of nitriles is 1. The van der Waals surface area contributed by atoms with Crippen LogP contribution in [0, 0.1) is 27.3 Å². The summed E-state index contributed by atoms with van der Waals surface area (Å²) in [4.78, 5) is 14.1. The molecule has 0 spiro atoms. The van der Waals surface area contributed by atoms with Gasteiger partial charge in [-0.25, -0.2) is 9.37 Å². The Hall–Kier alpha value is -3.10. The lowest BCUT2D eigenvalue weighted by Gasteiger charge is -2.00. The van der Waals surface area contributed by atoms with Crippen LogP contribution >= 0.6 is 23.1 Å². The minimum absolute atomic E-state index is 0.266. The van der Waals surface area contributed by atoms with Gasteiger partial charge < -0.3 is 5.32 Å². The van der Waals surface area contributed by atoms with Crippen molar-refractivity contribution in [1.29, 1.82) is 5.26 Å². The molecule has 0 unspecified atom stereocenters. The Balaban J connectivity index is 1.75. The summed E-state index contributed by atoms with van der Waals surface area (Å²) in [5.74, 6) is -0.372. The molecule has 0 atom stereocenters. The van der Waals surface area contributed by atoms with Crippen LogP contribution in [0.5, 0.6) is 0 Å². The highest BCUT2D eigenvalue weighted by Gasteiger charge is 2.17. The molecule has 1 N–H and O–H groups in total. The predicted molar refractivity (Wildman–Crippen MR) is 89.3 cm³/mol. The third-order valence-corrected chi connectivity index (χ3v) is 4.65. The van der Waals surface area contributed by atoms with Crippen LogP contribution in [0.25, 0.3) is 0 Å². The van der Waals surface area contributed by atoms with Gasteiger partial charge in [-0.1, -0.05) is 17.4 Å². The SMILES string of the molecule is N#Cc1nc(Sc2nnc(Nc3cccc(F)c3)s2)ccc1[N+](=O)[O-]. The second-order valence-corrected chi connectivity index (χ2v) is 6.74. The van der Waals surface area contributed by atoms with Gasteiger partial charge in [0.1, 0.15) is 16.9 Å². The van der Waals surface area contributed by atoms with Gasteiger partial charge in [0, 0.05) is 11.8 Å². The number of hydrogen-bond acceptors (Lipinski definition) is 9. The van der Waals surface area contributed by atoms with E-state index in [0.29, 0.717) is 20.2 Å². The summed E-state index contributed by atoms with van der Waals surface area (Å²) in [6.45, 7) is 0. The second-order valence-electron chi connectivity index (χ2n) is 4.50. The van der Waals surface area contributed by atoms with Crippen LogP contribution in [-0.2, 0) is 0 Å². The van der Waals surface area contributed by atoms with Gasteiger partial charge in [-0.2, -0.15) is 5.26 Å². The molecular formula is C14H7FN6O2S2. The highest BCUT2D eigenvalue weighted by Crippen LogP contribution is 2.33. The van der Waals surface area contributed by atoms with Crippen LogP contribution in [0.4, 0.5) is 20.9 Å². The van der Waals surface area contributed by atoms with E-state index in [0.717, 1.165) is 11.8 Å². The smallest absolute Gasteiger partial charge is 0.305 e. The number of halogens is 1. The Kier molecular flexibility index (Phi) is 4.82. The molecule has 0 aliphatic heterocycles. The summed E-state index contributed by atoms with van der Waals surface area (Å²) >= 11 is 2.32. The first kappa shape index (κ1) is 16.7. The maximum atomic E-state index is 13.2. The Morgan fingerprint density at radius 1 is 1.32 bits per heavy atom. The van der Waals surface area contributed by atoms with Gasteiger partial charge >= 0.3 is 5.69 Å². The van der Waals surface area contributed by atoms with E-state index < -0.39 is 4.92 Å². The van der Waals surface area contributed by atoms with Gasteiger partial charge in [0.25, 0.3) is 0 Å². The summed E-state index contributed by atoms with van der Waals surface area (Å²) < 4.78 is 13.7. The van der Waals surface area contributed by atoms with Gasteiger partial charge in [-0.15, -0.1) is 10.2 Å². The summed E-state index contributed by atoms with van der Waals surface area (Å²) in [5, 5.41) is 31.4. The normalized spacial score (nSPS) is 10.2. The van der Waals surface area contributed by atoms with Crippen LogP contribution in [0.1, 0.15) is 5.69 Å². The Morgan fingerprint density at radius 2 is 2.16 bits per heavy atom. The highest BCUT2D eigenvalue weighted by molar-refractivity contribution is 8.01. The third-order valence-electron chi connectivity index (χ3n) is 2.83. The Morgan fingerprint density at radius 3 is 2.88 bits per heavy atom. The molecule has 2 aromatic heterocycles. The molecule has 3 rings (SSSR count). The van der Waals surface area contributed by atoms with E-state index in [4.69, 9.17) is 5.26 Å². The average Bonchev–Trinajstić information content (AvgIpc) is 3.01. The Bertz CT molecular complexity index is 987. The van der Waals surface area contributed by atoms with E-state index in [1.807, 2.05) is 0 Å². The van der Waals surface area contributed by atoms with E-state index >= 15 is 0 Å². The fourth-order valence-electron chi connectivity index (χ4n) is 1.80. The molecule has 25 heavy (non-hydrogen) atoms. The maximum absolute atomic E-state index is 13.2. The molecule has 11 heteroatoms. The third kappa shape index (κ3) is 4.06. The van der Waals surface area contributed by atoms with Gasteiger partial charge in [-0.05, 0) is 36.0 Å². The molecule has 2 heterocycles. The lowest BCUT2D eigenvalue weighted by atomic mass is 10.3. The van der Waals surface area contributed by atoms with Crippen LogP contribution in [0.2, 0.25) is 0 Å².